The normalized spacial score (nSPS) is 27.1. The second-order valence-electron chi connectivity index (χ2n) is 9.03. The lowest BCUT2D eigenvalue weighted by Crippen LogP contribution is -2.60. The molecule has 1 aliphatic rings. The molecule has 8 atom stereocenters. The minimum absolute atomic E-state index is 0.0375. The predicted octanol–water partition coefficient (Wildman–Crippen LogP) is -1.71. The van der Waals surface area contributed by atoms with Crippen LogP contribution in [0.1, 0.15) is 65.2 Å². The van der Waals surface area contributed by atoms with Crippen molar-refractivity contribution in [3.63, 3.8) is 0 Å². The summed E-state index contributed by atoms with van der Waals surface area (Å²) in [5, 5.41) is 65.1. The summed E-state index contributed by atoms with van der Waals surface area (Å²) in [4.78, 5) is 23.2. The third-order valence-electron chi connectivity index (χ3n) is 6.06. The van der Waals surface area contributed by atoms with Crippen LogP contribution in [0.5, 0.6) is 0 Å². The van der Waals surface area contributed by atoms with Gasteiger partial charge in [-0.3, -0.25) is 9.59 Å². The zero-order chi connectivity index (χ0) is 26.4. The van der Waals surface area contributed by atoms with Gasteiger partial charge < -0.3 is 50.7 Å². The molecule has 1 saturated heterocycles. The zero-order valence-corrected chi connectivity index (χ0v) is 20.7. The summed E-state index contributed by atoms with van der Waals surface area (Å²) in [6.45, 7) is 2.86. The van der Waals surface area contributed by atoms with Gasteiger partial charge in [0.1, 0.15) is 30.5 Å². The van der Waals surface area contributed by atoms with Crippen molar-refractivity contribution in [1.82, 2.24) is 10.6 Å². The number of aliphatic hydroxyl groups is 6. The minimum Gasteiger partial charge on any atom is -0.394 e. The molecule has 8 N–H and O–H groups in total. The lowest BCUT2D eigenvalue weighted by Gasteiger charge is -2.40. The minimum atomic E-state index is -1.62. The van der Waals surface area contributed by atoms with Crippen molar-refractivity contribution in [3.05, 3.63) is 0 Å². The molecule has 0 aromatic rings. The molecule has 0 bridgehead atoms. The van der Waals surface area contributed by atoms with E-state index in [4.69, 9.17) is 9.47 Å². The summed E-state index contributed by atoms with van der Waals surface area (Å²) in [7, 11) is 0. The standard InChI is InChI=1S/C23H44N2O10/c1-3-16(28)19(30)15(13-34-23-22(33)21(32)20(31)17(12-26)35-23)25-18(29)10-8-6-4-5-7-9-11-24-14(2)27/h15-17,19-23,26,28,30-33H,3-13H2,1-2H3,(H,24,27)(H,25,29)/t15-,16+,17?,19-,20-,21?,22+,23-/m0/s1. The Bertz CT molecular complexity index is 609. The molecule has 12 nitrogen and oxygen atoms in total. The summed E-state index contributed by atoms with van der Waals surface area (Å²) in [6.07, 6.45) is -4.01. The quantitative estimate of drug-likeness (QED) is 0.105. The third kappa shape index (κ3) is 11.5. The summed E-state index contributed by atoms with van der Waals surface area (Å²) in [6, 6.07) is -1.02. The van der Waals surface area contributed by atoms with Crippen molar-refractivity contribution < 1.29 is 49.7 Å². The first kappa shape index (κ1) is 31.6. The summed E-state index contributed by atoms with van der Waals surface area (Å²) >= 11 is 0. The number of hydrogen-bond acceptors (Lipinski definition) is 10. The fourth-order valence-corrected chi connectivity index (χ4v) is 3.80. The molecule has 1 aliphatic heterocycles. The zero-order valence-electron chi connectivity index (χ0n) is 20.7. The Balaban J connectivity index is 2.48. The third-order valence-corrected chi connectivity index (χ3v) is 6.06. The van der Waals surface area contributed by atoms with Gasteiger partial charge in [0.25, 0.3) is 0 Å². The molecule has 0 saturated carbocycles. The van der Waals surface area contributed by atoms with Crippen LogP contribution in [0.2, 0.25) is 0 Å². The van der Waals surface area contributed by atoms with Gasteiger partial charge in [-0.15, -0.1) is 0 Å². The second kappa shape index (κ2) is 17.1. The topological polar surface area (TPSA) is 198 Å². The van der Waals surface area contributed by atoms with E-state index in [9.17, 15) is 40.2 Å². The molecule has 2 unspecified atom stereocenters. The maximum absolute atomic E-state index is 12.4. The number of amides is 2. The Hall–Kier alpha value is -1.38. The Labute approximate surface area is 206 Å². The average molecular weight is 509 g/mol. The van der Waals surface area contributed by atoms with Crippen molar-refractivity contribution >= 4 is 11.8 Å². The van der Waals surface area contributed by atoms with E-state index in [1.807, 2.05) is 0 Å². The highest BCUT2D eigenvalue weighted by atomic mass is 16.7. The Morgan fingerprint density at radius 3 is 2.20 bits per heavy atom. The molecular weight excluding hydrogens is 464 g/mol. The Morgan fingerprint density at radius 1 is 0.971 bits per heavy atom. The SMILES string of the molecule is CC[C@@H](O)[C@@H](O)[C@H](CO[C@H]1OC(CO)[C@H](O)C(O)[C@H]1O)NC(=O)CCCCCCCCNC(C)=O. The Kier molecular flexibility index (Phi) is 15.5. The molecule has 2 amide bonds. The van der Waals surface area contributed by atoms with Crippen LogP contribution in [-0.2, 0) is 19.1 Å². The van der Waals surface area contributed by atoms with Crippen molar-refractivity contribution in [1.29, 1.82) is 0 Å². The number of aliphatic hydroxyl groups excluding tert-OH is 6. The van der Waals surface area contributed by atoms with Gasteiger partial charge in [0.2, 0.25) is 11.8 Å². The van der Waals surface area contributed by atoms with Crippen molar-refractivity contribution in [2.45, 2.75) is 114 Å². The van der Waals surface area contributed by atoms with E-state index in [2.05, 4.69) is 10.6 Å². The van der Waals surface area contributed by atoms with Crippen LogP contribution in [0.25, 0.3) is 0 Å². The van der Waals surface area contributed by atoms with E-state index in [0.717, 1.165) is 32.1 Å². The molecule has 1 rings (SSSR count). The van der Waals surface area contributed by atoms with Crippen LogP contribution in [-0.4, -0.2) is 111 Å². The van der Waals surface area contributed by atoms with Crippen LogP contribution in [0.3, 0.4) is 0 Å². The number of ether oxygens (including phenoxy) is 2. The highest BCUT2D eigenvalue weighted by molar-refractivity contribution is 5.76. The molecule has 0 aliphatic carbocycles. The maximum atomic E-state index is 12.4. The molecular formula is C23H44N2O10. The van der Waals surface area contributed by atoms with E-state index in [0.29, 0.717) is 13.0 Å². The molecule has 0 radical (unpaired) electrons. The van der Waals surface area contributed by atoms with Gasteiger partial charge in [-0.25, -0.2) is 0 Å². The molecule has 0 spiro atoms. The number of nitrogens with one attached hydrogen (secondary N) is 2. The number of carbonyl (C=O) groups excluding carboxylic acids is 2. The van der Waals surface area contributed by atoms with E-state index in [1.165, 1.54) is 6.92 Å². The van der Waals surface area contributed by atoms with Crippen LogP contribution >= 0.6 is 0 Å². The van der Waals surface area contributed by atoms with E-state index in [1.54, 1.807) is 6.92 Å². The Morgan fingerprint density at radius 2 is 1.60 bits per heavy atom. The van der Waals surface area contributed by atoms with Crippen molar-refractivity contribution in [3.8, 4) is 0 Å². The molecule has 12 heteroatoms. The first-order valence-electron chi connectivity index (χ1n) is 12.4. The monoisotopic (exact) mass is 508 g/mol. The number of carbonyl (C=O) groups is 2. The van der Waals surface area contributed by atoms with Gasteiger partial charge in [0, 0.05) is 19.9 Å². The lowest BCUT2D eigenvalue weighted by atomic mass is 9.99. The van der Waals surface area contributed by atoms with Gasteiger partial charge in [0.15, 0.2) is 6.29 Å². The molecule has 35 heavy (non-hydrogen) atoms. The molecule has 1 heterocycles. The number of hydrogen-bond donors (Lipinski definition) is 8. The van der Waals surface area contributed by atoms with Gasteiger partial charge >= 0.3 is 0 Å². The summed E-state index contributed by atoms with van der Waals surface area (Å²) in [5.74, 6) is -0.370. The highest BCUT2D eigenvalue weighted by Crippen LogP contribution is 2.22. The molecule has 0 aromatic carbocycles. The van der Waals surface area contributed by atoms with Gasteiger partial charge in [-0.1, -0.05) is 32.6 Å². The first-order chi connectivity index (χ1) is 16.6. The largest absolute Gasteiger partial charge is 0.394 e. The fraction of sp³-hybridized carbons (Fsp3) is 0.913. The van der Waals surface area contributed by atoms with Gasteiger partial charge in [0.05, 0.1) is 25.4 Å². The fourth-order valence-electron chi connectivity index (χ4n) is 3.80. The number of rotatable bonds is 17. The molecule has 206 valence electrons. The predicted molar refractivity (Wildman–Crippen MR) is 125 cm³/mol. The lowest BCUT2D eigenvalue weighted by molar-refractivity contribution is -0.303. The van der Waals surface area contributed by atoms with Crippen LogP contribution in [0, 0.1) is 0 Å². The van der Waals surface area contributed by atoms with Crippen molar-refractivity contribution in [2.24, 2.45) is 0 Å². The number of unbranched alkanes of at least 4 members (excludes halogenated alkanes) is 5. The van der Waals surface area contributed by atoms with Crippen molar-refractivity contribution in [2.75, 3.05) is 19.8 Å². The molecule has 0 aromatic heterocycles. The van der Waals surface area contributed by atoms with E-state index in [-0.39, 0.29) is 31.3 Å². The smallest absolute Gasteiger partial charge is 0.220 e. The summed E-state index contributed by atoms with van der Waals surface area (Å²) < 4.78 is 10.7. The van der Waals surface area contributed by atoms with Crippen LogP contribution in [0.4, 0.5) is 0 Å². The summed E-state index contributed by atoms with van der Waals surface area (Å²) in [5.41, 5.74) is 0. The van der Waals surface area contributed by atoms with Crippen LogP contribution in [0.15, 0.2) is 0 Å². The van der Waals surface area contributed by atoms with Gasteiger partial charge in [-0.05, 0) is 19.3 Å². The highest BCUT2D eigenvalue weighted by Gasteiger charge is 2.44. The first-order valence-corrected chi connectivity index (χ1v) is 12.4. The average Bonchev–Trinajstić information content (AvgIpc) is 2.83. The second-order valence-corrected chi connectivity index (χ2v) is 9.03. The van der Waals surface area contributed by atoms with Crippen LogP contribution < -0.4 is 10.6 Å². The van der Waals surface area contributed by atoms with E-state index < -0.39 is 55.6 Å². The van der Waals surface area contributed by atoms with Gasteiger partial charge in [-0.2, -0.15) is 0 Å². The maximum Gasteiger partial charge on any atom is 0.220 e. The molecule has 1 fully saturated rings. The van der Waals surface area contributed by atoms with E-state index >= 15 is 0 Å².